The maximum Gasteiger partial charge on any atom is 0.370 e. The van der Waals surface area contributed by atoms with Gasteiger partial charge in [-0.2, -0.15) is 0 Å². The van der Waals surface area contributed by atoms with Gasteiger partial charge in [0.1, 0.15) is 6.61 Å². The molecule has 5 nitrogen and oxygen atoms in total. The van der Waals surface area contributed by atoms with Crippen molar-refractivity contribution in [3.8, 4) is 0 Å². The van der Waals surface area contributed by atoms with Crippen LogP contribution in [0.5, 0.6) is 0 Å². The molecule has 0 aromatic carbocycles. The number of hydrogen-bond acceptors (Lipinski definition) is 5. The van der Waals surface area contributed by atoms with Crippen molar-refractivity contribution in [1.82, 2.24) is 0 Å². The van der Waals surface area contributed by atoms with Crippen molar-refractivity contribution in [2.24, 2.45) is 0 Å². The Morgan fingerprint density at radius 2 is 2.29 bits per heavy atom. The van der Waals surface area contributed by atoms with Crippen LogP contribution in [0.25, 0.3) is 0 Å². The second kappa shape index (κ2) is 5.36. The first-order chi connectivity index (χ1) is 8.01. The lowest BCUT2D eigenvalue weighted by atomic mass is 9.88. The van der Waals surface area contributed by atoms with E-state index in [4.69, 9.17) is 9.47 Å². The molecule has 0 radical (unpaired) electrons. The van der Waals surface area contributed by atoms with Gasteiger partial charge < -0.3 is 19.7 Å². The Balaban J connectivity index is 2.86. The van der Waals surface area contributed by atoms with Crippen molar-refractivity contribution in [2.75, 3.05) is 6.61 Å². The number of hydrogen-bond donors (Lipinski definition) is 2. The van der Waals surface area contributed by atoms with E-state index in [0.29, 0.717) is 6.42 Å². The molecule has 2 N–H and O–H groups in total. The average molecular weight is 242 g/mol. The zero-order valence-corrected chi connectivity index (χ0v) is 9.94. The molecule has 0 bridgehead atoms. The smallest absolute Gasteiger partial charge is 0.370 e. The van der Waals surface area contributed by atoms with E-state index in [-0.39, 0.29) is 12.6 Å². The van der Waals surface area contributed by atoms with Crippen LogP contribution in [0.3, 0.4) is 0 Å². The van der Waals surface area contributed by atoms with Crippen molar-refractivity contribution in [3.63, 3.8) is 0 Å². The van der Waals surface area contributed by atoms with Crippen molar-refractivity contribution in [1.29, 1.82) is 0 Å². The van der Waals surface area contributed by atoms with Crippen molar-refractivity contribution >= 4 is 5.94 Å². The van der Waals surface area contributed by atoms with Gasteiger partial charge in [0.05, 0.1) is 0 Å². The highest BCUT2D eigenvalue weighted by atomic mass is 16.7. The molecule has 1 heterocycles. The average Bonchev–Trinajstić information content (AvgIpc) is 2.75. The molecule has 1 saturated heterocycles. The first kappa shape index (κ1) is 13.8. The summed E-state index contributed by atoms with van der Waals surface area (Å²) < 4.78 is 10.1. The number of ether oxygens (including phenoxy) is 2. The molecule has 0 saturated carbocycles. The molecule has 1 aliphatic rings. The molecule has 0 aromatic heterocycles. The van der Waals surface area contributed by atoms with E-state index in [0.717, 1.165) is 25.3 Å². The van der Waals surface area contributed by atoms with Crippen molar-refractivity contribution in [3.05, 3.63) is 18.6 Å². The van der Waals surface area contributed by atoms with Crippen molar-refractivity contribution < 1.29 is 24.5 Å². The van der Waals surface area contributed by atoms with E-state index in [1.807, 2.05) is 6.92 Å². The predicted octanol–water partition coefficient (Wildman–Crippen LogP) is 0.892. The van der Waals surface area contributed by atoms with Gasteiger partial charge in [0.15, 0.2) is 0 Å². The fraction of sp³-hybridized carbons (Fsp3) is 0.667. The fourth-order valence-electron chi connectivity index (χ4n) is 1.80. The second-order valence-corrected chi connectivity index (χ2v) is 4.16. The summed E-state index contributed by atoms with van der Waals surface area (Å²) in [6.07, 6.45) is 4.01. The minimum Gasteiger partial charge on any atom is -0.452 e. The quantitative estimate of drug-likeness (QED) is 0.313. The van der Waals surface area contributed by atoms with Crippen LogP contribution in [0.1, 0.15) is 32.6 Å². The molecule has 1 rings (SSSR count). The normalized spacial score (nSPS) is 23.8. The van der Waals surface area contributed by atoms with Crippen LogP contribution in [0.2, 0.25) is 0 Å². The van der Waals surface area contributed by atoms with E-state index in [1.165, 1.54) is 5.94 Å². The topological polar surface area (TPSA) is 76.0 Å². The Hall–Kier alpha value is -1.29. The maximum atomic E-state index is 10.4. The summed E-state index contributed by atoms with van der Waals surface area (Å²) in [5.41, 5.74) is -1.36. The summed E-state index contributed by atoms with van der Waals surface area (Å²) in [6.45, 7) is 5.30. The standard InChI is InChI=1S/C12H18O5/c1-3-5-6-7-11(12(14,15)4-2)9-16-10(8-13)17-11/h4,14-15H,2-3,5-7,9H2,1H3. The lowest BCUT2D eigenvalue weighted by molar-refractivity contribution is -0.236. The van der Waals surface area contributed by atoms with Gasteiger partial charge in [0.25, 0.3) is 0 Å². The first-order valence-electron chi connectivity index (χ1n) is 5.66. The zero-order chi connectivity index (χ0) is 12.9. The SMILES string of the molecule is C=CC(O)(O)C1(CCCCC)COC(=C=O)O1. The van der Waals surface area contributed by atoms with E-state index >= 15 is 0 Å². The molecule has 1 aliphatic heterocycles. The summed E-state index contributed by atoms with van der Waals surface area (Å²) in [4.78, 5) is 10.4. The predicted molar refractivity (Wildman–Crippen MR) is 60.5 cm³/mol. The second-order valence-electron chi connectivity index (χ2n) is 4.16. The van der Waals surface area contributed by atoms with Gasteiger partial charge in [0, 0.05) is 0 Å². The van der Waals surface area contributed by atoms with E-state index in [2.05, 4.69) is 6.58 Å². The van der Waals surface area contributed by atoms with Crippen LogP contribution in [-0.4, -0.2) is 34.1 Å². The largest absolute Gasteiger partial charge is 0.452 e. The van der Waals surface area contributed by atoms with Crippen LogP contribution in [0.15, 0.2) is 18.6 Å². The van der Waals surface area contributed by atoms with E-state index in [1.54, 1.807) is 0 Å². The lowest BCUT2D eigenvalue weighted by Gasteiger charge is -2.35. The summed E-state index contributed by atoms with van der Waals surface area (Å²) in [5, 5.41) is 19.8. The Labute approximate surface area is 100 Å². The summed E-state index contributed by atoms with van der Waals surface area (Å²) >= 11 is 0. The molecule has 0 amide bonds. The molecule has 5 heteroatoms. The third-order valence-corrected chi connectivity index (χ3v) is 2.95. The fourth-order valence-corrected chi connectivity index (χ4v) is 1.80. The van der Waals surface area contributed by atoms with Crippen LogP contribution in [0, 0.1) is 0 Å². The van der Waals surface area contributed by atoms with Crippen LogP contribution >= 0.6 is 0 Å². The lowest BCUT2D eigenvalue weighted by Crippen LogP contribution is -2.54. The molecule has 17 heavy (non-hydrogen) atoms. The summed E-state index contributed by atoms with van der Waals surface area (Å²) in [7, 11) is 0. The number of aliphatic hydroxyl groups is 2. The van der Waals surface area contributed by atoms with Gasteiger partial charge in [0.2, 0.25) is 17.3 Å². The maximum absolute atomic E-state index is 10.4. The molecular weight excluding hydrogens is 224 g/mol. The molecule has 0 aromatic rings. The highest BCUT2D eigenvalue weighted by Crippen LogP contribution is 2.38. The van der Waals surface area contributed by atoms with Gasteiger partial charge >= 0.3 is 5.95 Å². The molecule has 96 valence electrons. The van der Waals surface area contributed by atoms with E-state index in [9.17, 15) is 15.0 Å². The highest BCUT2D eigenvalue weighted by Gasteiger charge is 2.55. The molecule has 0 spiro atoms. The Morgan fingerprint density at radius 3 is 2.76 bits per heavy atom. The van der Waals surface area contributed by atoms with E-state index < -0.39 is 11.4 Å². The Kier molecular flexibility index (Phi) is 4.34. The molecule has 1 unspecified atom stereocenters. The van der Waals surface area contributed by atoms with Gasteiger partial charge in [-0.15, -0.1) is 0 Å². The minimum absolute atomic E-state index is 0.0969. The third kappa shape index (κ3) is 2.69. The van der Waals surface area contributed by atoms with Gasteiger partial charge in [-0.05, 0) is 18.9 Å². The Bertz CT molecular complexity index is 330. The van der Waals surface area contributed by atoms with Gasteiger partial charge in [-0.1, -0.05) is 26.3 Å². The summed E-state index contributed by atoms with van der Waals surface area (Å²) in [5.74, 6) is -1.10. The number of unbranched alkanes of at least 4 members (excludes halogenated alkanes) is 2. The highest BCUT2D eigenvalue weighted by molar-refractivity contribution is 5.47. The third-order valence-electron chi connectivity index (χ3n) is 2.95. The van der Waals surface area contributed by atoms with Gasteiger partial charge in [-0.3, -0.25) is 0 Å². The zero-order valence-electron chi connectivity index (χ0n) is 9.94. The van der Waals surface area contributed by atoms with Crippen LogP contribution in [0.4, 0.5) is 0 Å². The monoisotopic (exact) mass is 242 g/mol. The van der Waals surface area contributed by atoms with Crippen LogP contribution in [-0.2, 0) is 14.3 Å². The molecule has 1 atom stereocenters. The first-order valence-corrected chi connectivity index (χ1v) is 5.66. The van der Waals surface area contributed by atoms with Crippen LogP contribution < -0.4 is 0 Å². The number of rotatable bonds is 6. The van der Waals surface area contributed by atoms with Gasteiger partial charge in [-0.25, -0.2) is 4.79 Å². The summed E-state index contributed by atoms with van der Waals surface area (Å²) in [6, 6.07) is 0. The molecular formula is C12H18O5. The number of carbonyl (C=O) groups excluding carboxylic acids is 1. The Morgan fingerprint density at radius 1 is 1.59 bits per heavy atom. The van der Waals surface area contributed by atoms with Crippen molar-refractivity contribution in [2.45, 2.75) is 44.0 Å². The molecule has 0 aliphatic carbocycles. The minimum atomic E-state index is -2.24. The molecule has 1 fully saturated rings.